The van der Waals surface area contributed by atoms with E-state index in [1.165, 1.54) is 16.6 Å². The summed E-state index contributed by atoms with van der Waals surface area (Å²) in [5.74, 6) is 0.342. The number of nitrogens with one attached hydrogen (secondary N) is 1. The number of sulfone groups is 1. The molecule has 3 aromatic carbocycles. The van der Waals surface area contributed by atoms with Gasteiger partial charge in [-0.15, -0.1) is 5.10 Å². The molecule has 166 valence electrons. The Morgan fingerprint density at radius 3 is 2.33 bits per heavy atom. The molecule has 7 nitrogen and oxygen atoms in total. The lowest BCUT2D eigenvalue weighted by atomic mass is 10.0. The number of aromatic nitrogens is 4. The van der Waals surface area contributed by atoms with E-state index in [2.05, 4.69) is 20.6 Å². The Morgan fingerprint density at radius 2 is 1.64 bits per heavy atom. The molecule has 0 aliphatic carbocycles. The molecule has 5 rings (SSSR count). The van der Waals surface area contributed by atoms with Gasteiger partial charge in [-0.3, -0.25) is 0 Å². The van der Waals surface area contributed by atoms with Crippen molar-refractivity contribution in [1.82, 2.24) is 19.8 Å². The molecule has 2 aromatic heterocycles. The van der Waals surface area contributed by atoms with Gasteiger partial charge in [0.1, 0.15) is 11.6 Å². The number of benzene rings is 3. The SMILES string of the molecule is CC(C)c1ccc(S(=O)(=O)c2nnn3c2nc(Nc2ccc(F)cc2)c2ccccc23)cc1. The number of anilines is 2. The summed E-state index contributed by atoms with van der Waals surface area (Å²) in [4.78, 5) is 4.70. The molecule has 1 N–H and O–H groups in total. The van der Waals surface area contributed by atoms with Crippen molar-refractivity contribution in [1.29, 1.82) is 0 Å². The zero-order chi connectivity index (χ0) is 23.2. The molecule has 0 atom stereocenters. The summed E-state index contributed by atoms with van der Waals surface area (Å²) in [6.07, 6.45) is 0. The summed E-state index contributed by atoms with van der Waals surface area (Å²) in [5, 5.41) is 11.7. The predicted molar refractivity (Wildman–Crippen MR) is 124 cm³/mol. The van der Waals surface area contributed by atoms with E-state index in [0.717, 1.165) is 5.56 Å². The van der Waals surface area contributed by atoms with Crippen LogP contribution in [0.3, 0.4) is 0 Å². The van der Waals surface area contributed by atoms with Crippen LogP contribution in [0.15, 0.2) is 82.7 Å². The first-order chi connectivity index (χ1) is 15.8. The standard InChI is InChI=1S/C24H20FN5O2S/c1-15(2)16-7-13-19(14-8-16)33(31,32)24-23-27-22(26-18-11-9-17(25)10-12-18)20-5-3-4-6-21(20)30(23)29-28-24/h3-15H,1-2H3,(H,26,27). The Labute approximate surface area is 189 Å². The van der Waals surface area contributed by atoms with Crippen molar-refractivity contribution in [3.05, 3.63) is 84.2 Å². The van der Waals surface area contributed by atoms with E-state index in [0.29, 0.717) is 22.4 Å². The second kappa shape index (κ2) is 7.93. The highest BCUT2D eigenvalue weighted by atomic mass is 32.2. The van der Waals surface area contributed by atoms with Crippen LogP contribution in [-0.2, 0) is 9.84 Å². The van der Waals surface area contributed by atoms with E-state index in [1.807, 2.05) is 38.1 Å². The maximum Gasteiger partial charge on any atom is 0.229 e. The highest BCUT2D eigenvalue weighted by Crippen LogP contribution is 2.30. The molecule has 0 saturated carbocycles. The van der Waals surface area contributed by atoms with Crippen molar-refractivity contribution in [2.75, 3.05) is 5.32 Å². The fraction of sp³-hybridized carbons (Fsp3) is 0.125. The number of hydrogen-bond acceptors (Lipinski definition) is 6. The highest BCUT2D eigenvalue weighted by Gasteiger charge is 2.27. The smallest absolute Gasteiger partial charge is 0.229 e. The lowest BCUT2D eigenvalue weighted by molar-refractivity contribution is 0.592. The molecule has 0 aliphatic rings. The summed E-state index contributed by atoms with van der Waals surface area (Å²) in [7, 11) is -3.96. The third kappa shape index (κ3) is 3.70. The number of para-hydroxylation sites is 1. The normalized spacial score (nSPS) is 12.0. The summed E-state index contributed by atoms with van der Waals surface area (Å²) >= 11 is 0. The van der Waals surface area contributed by atoms with Gasteiger partial charge in [0.25, 0.3) is 0 Å². The van der Waals surface area contributed by atoms with Gasteiger partial charge in [-0.1, -0.05) is 43.3 Å². The van der Waals surface area contributed by atoms with Gasteiger partial charge in [0, 0.05) is 11.1 Å². The minimum atomic E-state index is -3.96. The van der Waals surface area contributed by atoms with E-state index in [1.54, 1.807) is 36.4 Å². The Balaban J connectivity index is 1.68. The molecule has 0 aliphatic heterocycles. The lowest BCUT2D eigenvalue weighted by Crippen LogP contribution is -2.06. The first-order valence-corrected chi connectivity index (χ1v) is 11.8. The summed E-state index contributed by atoms with van der Waals surface area (Å²) in [6, 6.07) is 19.9. The van der Waals surface area contributed by atoms with E-state index >= 15 is 0 Å². The number of rotatable bonds is 5. The number of halogens is 1. The minimum absolute atomic E-state index is 0.103. The van der Waals surface area contributed by atoms with Crippen LogP contribution >= 0.6 is 0 Å². The second-order valence-corrected chi connectivity index (χ2v) is 9.83. The summed E-state index contributed by atoms with van der Waals surface area (Å²) in [5.41, 5.74) is 2.39. The van der Waals surface area contributed by atoms with Gasteiger partial charge >= 0.3 is 0 Å². The van der Waals surface area contributed by atoms with Crippen molar-refractivity contribution >= 4 is 37.9 Å². The molecular formula is C24H20FN5O2S. The first-order valence-electron chi connectivity index (χ1n) is 10.4. The van der Waals surface area contributed by atoms with Crippen LogP contribution in [-0.4, -0.2) is 28.2 Å². The van der Waals surface area contributed by atoms with Crippen molar-refractivity contribution < 1.29 is 12.8 Å². The molecule has 9 heteroatoms. The van der Waals surface area contributed by atoms with E-state index < -0.39 is 9.84 Å². The van der Waals surface area contributed by atoms with Gasteiger partial charge in [0.2, 0.25) is 14.9 Å². The largest absolute Gasteiger partial charge is 0.340 e. The van der Waals surface area contributed by atoms with Gasteiger partial charge in [0.05, 0.1) is 10.4 Å². The number of hydrogen-bond donors (Lipinski definition) is 1. The minimum Gasteiger partial charge on any atom is -0.340 e. The van der Waals surface area contributed by atoms with Crippen molar-refractivity contribution in [3.63, 3.8) is 0 Å². The van der Waals surface area contributed by atoms with Crippen LogP contribution in [0.1, 0.15) is 25.3 Å². The van der Waals surface area contributed by atoms with Gasteiger partial charge in [-0.2, -0.15) is 4.52 Å². The van der Waals surface area contributed by atoms with E-state index in [-0.39, 0.29) is 27.3 Å². The number of fused-ring (bicyclic) bond motifs is 3. The monoisotopic (exact) mass is 461 g/mol. The van der Waals surface area contributed by atoms with Gasteiger partial charge in [-0.05, 0) is 60.0 Å². The molecular weight excluding hydrogens is 441 g/mol. The maximum atomic E-state index is 13.4. The van der Waals surface area contributed by atoms with Crippen LogP contribution in [0.25, 0.3) is 16.6 Å². The molecule has 0 unspecified atom stereocenters. The maximum absolute atomic E-state index is 13.4. The van der Waals surface area contributed by atoms with Crippen LogP contribution in [0.2, 0.25) is 0 Å². The zero-order valence-corrected chi connectivity index (χ0v) is 18.7. The molecule has 33 heavy (non-hydrogen) atoms. The van der Waals surface area contributed by atoms with Crippen molar-refractivity contribution in [2.45, 2.75) is 29.7 Å². The zero-order valence-electron chi connectivity index (χ0n) is 17.9. The van der Waals surface area contributed by atoms with Gasteiger partial charge in [0.15, 0.2) is 5.65 Å². The molecule has 0 spiro atoms. The molecule has 0 radical (unpaired) electrons. The summed E-state index contributed by atoms with van der Waals surface area (Å²) in [6.45, 7) is 4.09. The van der Waals surface area contributed by atoms with Crippen molar-refractivity contribution in [3.8, 4) is 0 Å². The predicted octanol–water partition coefficient (Wildman–Crippen LogP) is 5.12. The third-order valence-corrected chi connectivity index (χ3v) is 7.11. The van der Waals surface area contributed by atoms with Crippen molar-refractivity contribution in [2.24, 2.45) is 0 Å². The van der Waals surface area contributed by atoms with Crippen LogP contribution in [0, 0.1) is 5.82 Å². The Morgan fingerprint density at radius 1 is 0.939 bits per heavy atom. The van der Waals surface area contributed by atoms with Gasteiger partial charge in [-0.25, -0.2) is 17.8 Å². The fourth-order valence-corrected chi connectivity index (χ4v) is 4.86. The van der Waals surface area contributed by atoms with E-state index in [4.69, 9.17) is 0 Å². The van der Waals surface area contributed by atoms with Crippen LogP contribution in [0.5, 0.6) is 0 Å². The van der Waals surface area contributed by atoms with Gasteiger partial charge < -0.3 is 5.32 Å². The van der Waals surface area contributed by atoms with E-state index in [9.17, 15) is 12.8 Å². The number of nitrogens with zero attached hydrogens (tertiary/aromatic N) is 4. The van der Waals surface area contributed by atoms with Crippen LogP contribution in [0.4, 0.5) is 15.9 Å². The Bertz CT molecular complexity index is 1580. The topological polar surface area (TPSA) is 89.2 Å². The average molecular weight is 462 g/mol. The molecule has 5 aromatic rings. The lowest BCUT2D eigenvalue weighted by Gasteiger charge is -2.11. The highest BCUT2D eigenvalue weighted by molar-refractivity contribution is 7.91. The molecule has 0 fully saturated rings. The molecule has 0 saturated heterocycles. The third-order valence-electron chi connectivity index (χ3n) is 5.44. The Hall–Kier alpha value is -3.85. The van der Waals surface area contributed by atoms with Crippen LogP contribution < -0.4 is 5.32 Å². The summed E-state index contributed by atoms with van der Waals surface area (Å²) < 4.78 is 41.6. The fourth-order valence-electron chi connectivity index (χ4n) is 3.63. The first kappa shape index (κ1) is 21.0. The molecule has 2 heterocycles. The molecule has 0 amide bonds. The Kier molecular flexibility index (Phi) is 5.05. The average Bonchev–Trinajstić information content (AvgIpc) is 3.26. The molecule has 0 bridgehead atoms. The quantitative estimate of drug-likeness (QED) is 0.391. The second-order valence-electron chi connectivity index (χ2n) is 7.97.